The number of amides is 1. The van der Waals surface area contributed by atoms with Gasteiger partial charge in [-0.1, -0.05) is 6.92 Å². The molecule has 2 unspecified atom stereocenters. The van der Waals surface area contributed by atoms with E-state index >= 15 is 0 Å². The van der Waals surface area contributed by atoms with Crippen molar-refractivity contribution in [2.75, 3.05) is 26.2 Å². The summed E-state index contributed by atoms with van der Waals surface area (Å²) in [5.41, 5.74) is 6.11. The van der Waals surface area contributed by atoms with Crippen molar-refractivity contribution in [3.05, 3.63) is 0 Å². The lowest BCUT2D eigenvalue weighted by molar-refractivity contribution is -0.128. The third kappa shape index (κ3) is 3.07. The van der Waals surface area contributed by atoms with Gasteiger partial charge < -0.3 is 15.5 Å². The normalized spacial score (nSPS) is 32.0. The minimum Gasteiger partial charge on any atom is -0.370 e. The third-order valence-corrected chi connectivity index (χ3v) is 4.72. The first-order valence-corrected chi connectivity index (χ1v) is 7.98. The molecule has 1 amide bonds. The van der Waals surface area contributed by atoms with E-state index in [0.29, 0.717) is 42.7 Å². The van der Waals surface area contributed by atoms with E-state index in [1.807, 2.05) is 0 Å². The molecule has 3 aliphatic rings. The van der Waals surface area contributed by atoms with Crippen molar-refractivity contribution < 1.29 is 4.79 Å². The van der Waals surface area contributed by atoms with Crippen molar-refractivity contribution in [3.8, 4) is 0 Å². The van der Waals surface area contributed by atoms with Crippen LogP contribution < -0.4 is 5.73 Å². The standard InChI is InChI=1S/C15H26N4O/c1-11-3-2-6-18(9-11)15(16)17-8-12-7-14(20)19(10-12)13-4-5-13/h11-13H,2-10H2,1H3,(H2,16,17). The van der Waals surface area contributed by atoms with Crippen molar-refractivity contribution in [1.29, 1.82) is 0 Å². The summed E-state index contributed by atoms with van der Waals surface area (Å²) in [4.78, 5) is 20.7. The molecule has 112 valence electrons. The number of carbonyl (C=O) groups excluding carboxylic acids is 1. The van der Waals surface area contributed by atoms with Crippen LogP contribution in [0.1, 0.15) is 39.0 Å². The second-order valence-electron chi connectivity index (χ2n) is 6.74. The van der Waals surface area contributed by atoms with Crippen LogP contribution in [-0.4, -0.2) is 53.9 Å². The van der Waals surface area contributed by atoms with Gasteiger partial charge in [0.05, 0.1) is 0 Å². The van der Waals surface area contributed by atoms with Crippen LogP contribution in [0.2, 0.25) is 0 Å². The molecular weight excluding hydrogens is 252 g/mol. The maximum absolute atomic E-state index is 11.9. The van der Waals surface area contributed by atoms with E-state index < -0.39 is 0 Å². The zero-order chi connectivity index (χ0) is 14.1. The fourth-order valence-electron chi connectivity index (χ4n) is 3.39. The predicted octanol–water partition coefficient (Wildman–Crippen LogP) is 1.04. The lowest BCUT2D eigenvalue weighted by Gasteiger charge is -2.31. The van der Waals surface area contributed by atoms with Crippen LogP contribution in [0.3, 0.4) is 0 Å². The van der Waals surface area contributed by atoms with Crippen molar-refractivity contribution in [2.24, 2.45) is 22.6 Å². The first-order chi connectivity index (χ1) is 9.63. The summed E-state index contributed by atoms with van der Waals surface area (Å²) in [5.74, 6) is 2.06. The second-order valence-corrected chi connectivity index (χ2v) is 6.74. The van der Waals surface area contributed by atoms with E-state index in [1.54, 1.807) is 0 Å². The Morgan fingerprint density at radius 3 is 2.85 bits per heavy atom. The van der Waals surface area contributed by atoms with Gasteiger partial charge in [-0.2, -0.15) is 0 Å². The molecule has 1 aliphatic carbocycles. The molecule has 0 spiro atoms. The zero-order valence-corrected chi connectivity index (χ0v) is 12.4. The zero-order valence-electron chi connectivity index (χ0n) is 12.4. The maximum Gasteiger partial charge on any atom is 0.223 e. The maximum atomic E-state index is 11.9. The molecule has 5 heteroatoms. The number of likely N-dealkylation sites (tertiary alicyclic amines) is 2. The number of nitrogens with zero attached hydrogens (tertiary/aromatic N) is 3. The van der Waals surface area contributed by atoms with Crippen LogP contribution in [0.15, 0.2) is 4.99 Å². The molecule has 0 bridgehead atoms. The molecule has 3 rings (SSSR count). The van der Waals surface area contributed by atoms with E-state index in [-0.39, 0.29) is 0 Å². The summed E-state index contributed by atoms with van der Waals surface area (Å²) in [7, 11) is 0. The minimum atomic E-state index is 0.317. The van der Waals surface area contributed by atoms with Crippen LogP contribution >= 0.6 is 0 Å². The van der Waals surface area contributed by atoms with Crippen LogP contribution in [0.4, 0.5) is 0 Å². The minimum absolute atomic E-state index is 0.317. The topological polar surface area (TPSA) is 61.9 Å². The molecule has 2 aliphatic heterocycles. The number of rotatable bonds is 3. The largest absolute Gasteiger partial charge is 0.370 e. The van der Waals surface area contributed by atoms with Gasteiger partial charge in [-0.25, -0.2) is 0 Å². The SMILES string of the molecule is CC1CCCN(C(N)=NCC2CC(=O)N(C3CC3)C2)C1. The van der Waals surface area contributed by atoms with E-state index in [1.165, 1.54) is 25.7 Å². The molecule has 2 heterocycles. The van der Waals surface area contributed by atoms with Gasteiger partial charge in [0.25, 0.3) is 0 Å². The molecule has 5 nitrogen and oxygen atoms in total. The van der Waals surface area contributed by atoms with Gasteiger partial charge in [0, 0.05) is 44.6 Å². The highest BCUT2D eigenvalue weighted by atomic mass is 16.2. The summed E-state index contributed by atoms with van der Waals surface area (Å²) in [6.07, 6.45) is 5.53. The van der Waals surface area contributed by atoms with Gasteiger partial charge in [-0.15, -0.1) is 0 Å². The molecule has 1 saturated carbocycles. The lowest BCUT2D eigenvalue weighted by Crippen LogP contribution is -2.43. The van der Waals surface area contributed by atoms with Gasteiger partial charge in [0.1, 0.15) is 0 Å². The number of aliphatic imine (C=N–C) groups is 1. The number of carbonyl (C=O) groups is 1. The third-order valence-electron chi connectivity index (χ3n) is 4.72. The molecule has 2 saturated heterocycles. The Bertz CT molecular complexity index is 405. The number of hydrogen-bond acceptors (Lipinski definition) is 2. The summed E-state index contributed by atoms with van der Waals surface area (Å²) in [6.45, 7) is 5.90. The smallest absolute Gasteiger partial charge is 0.223 e. The summed E-state index contributed by atoms with van der Waals surface area (Å²) in [5, 5.41) is 0. The summed E-state index contributed by atoms with van der Waals surface area (Å²) < 4.78 is 0. The highest BCUT2D eigenvalue weighted by molar-refractivity contribution is 5.80. The van der Waals surface area contributed by atoms with Gasteiger partial charge in [0.2, 0.25) is 5.91 Å². The number of piperidine rings is 1. The highest BCUT2D eigenvalue weighted by Gasteiger charge is 2.39. The molecule has 0 radical (unpaired) electrons. The van der Waals surface area contributed by atoms with Gasteiger partial charge >= 0.3 is 0 Å². The molecule has 0 aromatic carbocycles. The van der Waals surface area contributed by atoms with E-state index in [0.717, 1.165) is 19.6 Å². The van der Waals surface area contributed by atoms with Gasteiger partial charge in [-0.3, -0.25) is 9.79 Å². The molecule has 2 atom stereocenters. The Hall–Kier alpha value is -1.26. The predicted molar refractivity (Wildman–Crippen MR) is 79.3 cm³/mol. The molecule has 20 heavy (non-hydrogen) atoms. The van der Waals surface area contributed by atoms with Crippen LogP contribution in [-0.2, 0) is 4.79 Å². The van der Waals surface area contributed by atoms with Crippen molar-refractivity contribution in [3.63, 3.8) is 0 Å². The van der Waals surface area contributed by atoms with E-state index in [2.05, 4.69) is 21.7 Å². The number of nitrogens with two attached hydrogens (primary N) is 1. The van der Waals surface area contributed by atoms with Crippen LogP contribution in [0, 0.1) is 11.8 Å². The summed E-state index contributed by atoms with van der Waals surface area (Å²) in [6, 6.07) is 0.539. The number of hydrogen-bond donors (Lipinski definition) is 1. The average Bonchev–Trinajstić information content (AvgIpc) is 3.20. The Morgan fingerprint density at radius 1 is 1.35 bits per heavy atom. The van der Waals surface area contributed by atoms with Gasteiger partial charge in [-0.05, 0) is 31.6 Å². The Kier molecular flexibility index (Phi) is 3.85. The first-order valence-electron chi connectivity index (χ1n) is 7.98. The Morgan fingerprint density at radius 2 is 2.15 bits per heavy atom. The highest BCUT2D eigenvalue weighted by Crippen LogP contribution is 2.32. The van der Waals surface area contributed by atoms with Gasteiger partial charge in [0.15, 0.2) is 5.96 Å². The van der Waals surface area contributed by atoms with Crippen molar-refractivity contribution in [1.82, 2.24) is 9.80 Å². The Balaban J connectivity index is 1.50. The molecule has 3 fully saturated rings. The van der Waals surface area contributed by atoms with E-state index in [9.17, 15) is 4.79 Å². The summed E-state index contributed by atoms with van der Waals surface area (Å²) >= 11 is 0. The first kappa shape index (κ1) is 13.7. The van der Waals surface area contributed by atoms with Crippen molar-refractivity contribution in [2.45, 2.75) is 45.1 Å². The second kappa shape index (κ2) is 5.62. The fourth-order valence-corrected chi connectivity index (χ4v) is 3.39. The molecule has 0 aromatic rings. The quantitative estimate of drug-likeness (QED) is 0.620. The molecular formula is C15H26N4O. The van der Waals surface area contributed by atoms with Crippen molar-refractivity contribution >= 4 is 11.9 Å². The molecule has 2 N–H and O–H groups in total. The monoisotopic (exact) mass is 278 g/mol. The van der Waals surface area contributed by atoms with E-state index in [4.69, 9.17) is 5.73 Å². The average molecular weight is 278 g/mol. The number of guanidine groups is 1. The van der Waals surface area contributed by atoms with Crippen LogP contribution in [0.25, 0.3) is 0 Å². The molecule has 0 aromatic heterocycles. The van der Waals surface area contributed by atoms with Crippen LogP contribution in [0.5, 0.6) is 0 Å². The lowest BCUT2D eigenvalue weighted by atomic mass is 10.0. The fraction of sp³-hybridized carbons (Fsp3) is 0.867. The Labute approximate surface area is 121 Å².